The molecule has 0 atom stereocenters. The van der Waals surface area contributed by atoms with Gasteiger partial charge in [-0.05, 0) is 18.2 Å². The molecule has 0 spiro atoms. The number of imidazole rings is 1. The molecule has 0 radical (unpaired) electrons. The molecule has 9 nitrogen and oxygen atoms in total. The molecular weight excluding hydrogens is 406 g/mol. The number of amides is 2. The molecule has 1 N–H and O–H groups in total. The van der Waals surface area contributed by atoms with E-state index in [0.29, 0.717) is 56.9 Å². The molecule has 2 aromatic rings. The van der Waals surface area contributed by atoms with Crippen LogP contribution in [0.2, 0.25) is 0 Å². The number of aromatic nitrogens is 2. The van der Waals surface area contributed by atoms with Gasteiger partial charge in [0.25, 0.3) is 5.91 Å². The van der Waals surface area contributed by atoms with Crippen LogP contribution in [-0.2, 0) is 21.2 Å². The van der Waals surface area contributed by atoms with Gasteiger partial charge < -0.3 is 14.8 Å². The van der Waals surface area contributed by atoms with E-state index >= 15 is 0 Å². The van der Waals surface area contributed by atoms with Crippen molar-refractivity contribution < 1.29 is 18.0 Å². The van der Waals surface area contributed by atoms with Gasteiger partial charge in [0, 0.05) is 75.6 Å². The van der Waals surface area contributed by atoms with Crippen LogP contribution >= 0.6 is 0 Å². The Kier molecular flexibility index (Phi) is 7.22. The molecule has 162 valence electrons. The second-order valence-electron chi connectivity index (χ2n) is 7.44. The molecule has 0 saturated carbocycles. The highest BCUT2D eigenvalue weighted by Gasteiger charge is 2.23. The number of nitrogens with zero attached hydrogens (tertiary/aromatic N) is 4. The number of benzene rings is 1. The van der Waals surface area contributed by atoms with E-state index in [0.717, 1.165) is 0 Å². The van der Waals surface area contributed by atoms with Gasteiger partial charge in [-0.25, -0.2) is 13.4 Å². The molecular formula is C20H27N5O4S. The summed E-state index contributed by atoms with van der Waals surface area (Å²) in [5, 5.41) is 2.83. The first-order valence-corrected chi connectivity index (χ1v) is 11.9. The highest BCUT2D eigenvalue weighted by Crippen LogP contribution is 2.15. The number of hydrogen-bond acceptors (Lipinski definition) is 6. The Morgan fingerprint density at radius 1 is 1.13 bits per heavy atom. The molecule has 2 heterocycles. The normalized spacial score (nSPS) is 15.2. The number of sulfone groups is 1. The molecule has 30 heavy (non-hydrogen) atoms. The van der Waals surface area contributed by atoms with Crippen molar-refractivity contribution in [3.63, 3.8) is 0 Å². The molecule has 10 heteroatoms. The number of aryl methyl sites for hydroxylation is 1. The maximum atomic E-state index is 12.8. The Morgan fingerprint density at radius 3 is 2.57 bits per heavy atom. The summed E-state index contributed by atoms with van der Waals surface area (Å²) in [5.74, 6) is -0.0937. The summed E-state index contributed by atoms with van der Waals surface area (Å²) < 4.78 is 24.5. The Morgan fingerprint density at radius 2 is 1.90 bits per heavy atom. The number of anilines is 1. The van der Waals surface area contributed by atoms with Crippen molar-refractivity contribution in [3.8, 4) is 0 Å². The van der Waals surface area contributed by atoms with Gasteiger partial charge in [0.1, 0.15) is 9.84 Å². The summed E-state index contributed by atoms with van der Waals surface area (Å²) in [6, 6.07) is 6.93. The Balaban J connectivity index is 1.50. The lowest BCUT2D eigenvalue weighted by Crippen LogP contribution is -2.49. The third-order valence-electron chi connectivity index (χ3n) is 4.99. The largest absolute Gasteiger partial charge is 0.337 e. The van der Waals surface area contributed by atoms with Crippen LogP contribution in [-0.4, -0.2) is 84.3 Å². The van der Waals surface area contributed by atoms with Crippen molar-refractivity contribution in [2.45, 2.75) is 13.0 Å². The third kappa shape index (κ3) is 6.67. The summed E-state index contributed by atoms with van der Waals surface area (Å²) >= 11 is 0. The number of carbonyl (C=O) groups is 2. The standard InChI is InChI=1S/C20H27N5O4S/c1-30(28,29)14-13-23-9-11-25(12-10-23)20(27)17-3-2-4-18(15-17)22-19(26)5-7-24-8-6-21-16-24/h2-4,6,8,15-16H,5,7,9-14H2,1H3,(H,22,26). The third-order valence-corrected chi connectivity index (χ3v) is 5.91. The predicted octanol–water partition coefficient (Wildman–Crippen LogP) is 0.714. The van der Waals surface area contributed by atoms with Gasteiger partial charge in [-0.2, -0.15) is 0 Å². The van der Waals surface area contributed by atoms with E-state index in [1.807, 2.05) is 4.57 Å². The SMILES string of the molecule is CS(=O)(=O)CCN1CCN(C(=O)c2cccc(NC(=O)CCn3ccnc3)c2)CC1. The second kappa shape index (κ2) is 9.86. The van der Waals surface area contributed by atoms with Gasteiger partial charge in [-0.1, -0.05) is 6.07 Å². The van der Waals surface area contributed by atoms with Crippen molar-refractivity contribution in [2.24, 2.45) is 0 Å². The van der Waals surface area contributed by atoms with E-state index in [-0.39, 0.29) is 17.6 Å². The zero-order valence-electron chi connectivity index (χ0n) is 17.0. The van der Waals surface area contributed by atoms with Gasteiger partial charge in [-0.15, -0.1) is 0 Å². The molecule has 1 saturated heterocycles. The number of nitrogens with one attached hydrogen (secondary N) is 1. The van der Waals surface area contributed by atoms with Crippen molar-refractivity contribution in [3.05, 3.63) is 48.5 Å². The van der Waals surface area contributed by atoms with E-state index in [4.69, 9.17) is 0 Å². The number of carbonyl (C=O) groups excluding carboxylic acids is 2. The minimum absolute atomic E-state index is 0.0905. The van der Waals surface area contributed by atoms with E-state index in [2.05, 4.69) is 15.2 Å². The average molecular weight is 434 g/mol. The number of hydrogen-bond donors (Lipinski definition) is 1. The average Bonchev–Trinajstić information content (AvgIpc) is 3.24. The van der Waals surface area contributed by atoms with Crippen LogP contribution in [0.15, 0.2) is 43.0 Å². The highest BCUT2D eigenvalue weighted by molar-refractivity contribution is 7.90. The smallest absolute Gasteiger partial charge is 0.254 e. The number of rotatable bonds is 8. The first-order valence-electron chi connectivity index (χ1n) is 9.85. The lowest BCUT2D eigenvalue weighted by Gasteiger charge is -2.34. The van der Waals surface area contributed by atoms with Gasteiger partial charge in [0.05, 0.1) is 12.1 Å². The molecule has 1 aliphatic heterocycles. The van der Waals surface area contributed by atoms with Crippen molar-refractivity contribution in [1.82, 2.24) is 19.4 Å². The van der Waals surface area contributed by atoms with Crippen LogP contribution in [0.1, 0.15) is 16.8 Å². The minimum atomic E-state index is -2.99. The highest BCUT2D eigenvalue weighted by atomic mass is 32.2. The maximum Gasteiger partial charge on any atom is 0.254 e. The van der Waals surface area contributed by atoms with Crippen LogP contribution in [0.4, 0.5) is 5.69 Å². The van der Waals surface area contributed by atoms with Gasteiger partial charge in [0.15, 0.2) is 0 Å². The fraction of sp³-hybridized carbons (Fsp3) is 0.450. The van der Waals surface area contributed by atoms with Gasteiger partial charge in [0.2, 0.25) is 5.91 Å². The van der Waals surface area contributed by atoms with Crippen molar-refractivity contribution in [1.29, 1.82) is 0 Å². The van der Waals surface area contributed by atoms with E-state index in [1.54, 1.807) is 47.9 Å². The van der Waals surface area contributed by atoms with Crippen LogP contribution in [0.3, 0.4) is 0 Å². The fourth-order valence-corrected chi connectivity index (χ4v) is 3.85. The quantitative estimate of drug-likeness (QED) is 0.658. The first kappa shape index (κ1) is 22.0. The molecule has 0 bridgehead atoms. The maximum absolute atomic E-state index is 12.8. The zero-order valence-corrected chi connectivity index (χ0v) is 17.8. The number of piperazine rings is 1. The zero-order chi connectivity index (χ0) is 21.6. The van der Waals surface area contributed by atoms with Crippen molar-refractivity contribution >= 4 is 27.3 Å². The summed E-state index contributed by atoms with van der Waals surface area (Å²) in [5.41, 5.74) is 1.11. The summed E-state index contributed by atoms with van der Waals surface area (Å²) in [6.07, 6.45) is 6.67. The van der Waals surface area contributed by atoms with Crippen molar-refractivity contribution in [2.75, 3.05) is 50.0 Å². The fourth-order valence-electron chi connectivity index (χ4n) is 3.26. The Bertz CT molecular complexity index is 967. The lowest BCUT2D eigenvalue weighted by molar-refractivity contribution is -0.116. The molecule has 0 unspecified atom stereocenters. The van der Waals surface area contributed by atoms with Crippen LogP contribution < -0.4 is 5.32 Å². The Labute approximate surface area is 176 Å². The molecule has 0 aliphatic carbocycles. The lowest BCUT2D eigenvalue weighted by atomic mass is 10.1. The Hall–Kier alpha value is -2.72. The monoisotopic (exact) mass is 433 g/mol. The van der Waals surface area contributed by atoms with E-state index < -0.39 is 9.84 Å². The molecule has 1 aromatic carbocycles. The van der Waals surface area contributed by atoms with Crippen LogP contribution in [0.5, 0.6) is 0 Å². The first-order chi connectivity index (χ1) is 14.3. The van der Waals surface area contributed by atoms with E-state index in [1.165, 1.54) is 6.26 Å². The van der Waals surface area contributed by atoms with E-state index in [9.17, 15) is 18.0 Å². The summed E-state index contributed by atoms with van der Waals surface area (Å²) in [6.45, 7) is 3.40. The summed E-state index contributed by atoms with van der Waals surface area (Å²) in [4.78, 5) is 32.8. The molecule has 1 aromatic heterocycles. The summed E-state index contributed by atoms with van der Waals surface area (Å²) in [7, 11) is -2.99. The topological polar surface area (TPSA) is 105 Å². The van der Waals surface area contributed by atoms with Gasteiger partial charge in [-0.3, -0.25) is 14.5 Å². The predicted molar refractivity (Wildman–Crippen MR) is 114 cm³/mol. The van der Waals surface area contributed by atoms with Crippen LogP contribution in [0.25, 0.3) is 0 Å². The second-order valence-corrected chi connectivity index (χ2v) is 9.70. The molecule has 1 aliphatic rings. The molecule has 2 amide bonds. The minimum Gasteiger partial charge on any atom is -0.337 e. The van der Waals surface area contributed by atoms with Crippen LogP contribution in [0, 0.1) is 0 Å². The van der Waals surface area contributed by atoms with Gasteiger partial charge >= 0.3 is 0 Å². The molecule has 1 fully saturated rings. The molecule has 3 rings (SSSR count).